The lowest BCUT2D eigenvalue weighted by Gasteiger charge is -2.48. The van der Waals surface area contributed by atoms with E-state index in [1.54, 1.807) is 121 Å². The van der Waals surface area contributed by atoms with Crippen molar-refractivity contribution in [3.05, 3.63) is 179 Å². The molecule has 2 N–H and O–H groups in total. The van der Waals surface area contributed by atoms with E-state index in [4.69, 9.17) is 99.5 Å². The first-order chi connectivity index (χ1) is 59.3. The number of unbranched alkanes of at least 4 members (excludes halogenated alkanes) is 8. The summed E-state index contributed by atoms with van der Waals surface area (Å²) in [5.74, 6) is -2.86. The number of alkyl carbamates (subject to hydrolysis) is 1. The summed E-state index contributed by atoms with van der Waals surface area (Å²) in [5, 5.41) is 13.9. The summed E-state index contributed by atoms with van der Waals surface area (Å²) in [4.78, 5) is 72.0. The highest BCUT2D eigenvalue weighted by atomic mass is 16.8. The molecule has 0 aliphatic carbocycles. The van der Waals surface area contributed by atoms with Crippen LogP contribution in [0, 0.1) is 0 Å². The van der Waals surface area contributed by atoms with Gasteiger partial charge in [-0.05, 0) is 105 Å². The molecular formula is C93H131NO27. The molecule has 0 spiro atoms. The number of hydrogen-bond acceptors (Lipinski definition) is 27. The monoisotopic (exact) mass is 1690 g/mol. The van der Waals surface area contributed by atoms with Crippen LogP contribution in [0.1, 0.15) is 205 Å². The molecule has 4 saturated heterocycles. The minimum atomic E-state index is -1.57. The van der Waals surface area contributed by atoms with Crippen molar-refractivity contribution in [2.75, 3.05) is 86.0 Å². The highest BCUT2D eigenvalue weighted by Gasteiger charge is 2.57. The molecular weight excluding hydrogens is 1560 g/mol. The molecule has 1 amide bonds. The van der Waals surface area contributed by atoms with Crippen LogP contribution in [-0.2, 0) is 106 Å². The van der Waals surface area contributed by atoms with Crippen LogP contribution < -0.4 is 5.32 Å². The standard InChI is InChI=1S/C93H131NO27/c1-9-17-50-101-73-69(58-95)114-89(81(77(73)105-54-21-13-5)118-85(96)65-42-32-26-33-43-65)109-60-70-74(102-51-18-10-2)78(106-55-22-14-6)82(119-86(97)66-44-34-27-35-45-66)90(115-70)110-61-71-75(103-52-19-11-3)79(107-56-23-15-7)83(120-87(98)67-46-36-28-37-47-67)91(116-71)111-62-72-76(104-53-20-12-4)80(108-57-24-16-8)84(121-88(99)68-48-38-29-39-49-68)92(117-72)113-63-94-93(100)112-59-64-40-30-25-31-41-64/h25-49,69-84,89-92,95H,9-24,50-63H2,1-8H3,(H,94,100)/t69?,70?,71?,72?,73-,74-,75-,76-,77?,78+,79+,80+,81-,82?,83?,84?,89+,90+,91+,92+/m1/s1. The molecule has 4 aliphatic heterocycles. The van der Waals surface area contributed by atoms with Gasteiger partial charge in [-0.25, -0.2) is 24.0 Å². The molecule has 20 atom stereocenters. The average Bonchev–Trinajstić information content (AvgIpc) is 0.778. The number of benzene rings is 5. The van der Waals surface area contributed by atoms with E-state index in [-0.39, 0.29) is 81.7 Å². The van der Waals surface area contributed by atoms with Crippen LogP contribution in [0.3, 0.4) is 0 Å². The van der Waals surface area contributed by atoms with E-state index in [1.165, 1.54) is 0 Å². The first-order valence-electron chi connectivity index (χ1n) is 43.9. The van der Waals surface area contributed by atoms with Crippen LogP contribution in [0.5, 0.6) is 0 Å². The van der Waals surface area contributed by atoms with E-state index >= 15 is 0 Å². The van der Waals surface area contributed by atoms with E-state index < -0.39 is 179 Å². The zero-order chi connectivity index (χ0) is 85.8. The Morgan fingerprint density at radius 3 is 0.777 bits per heavy atom. The first kappa shape index (κ1) is 97.4. The molecule has 9 rings (SSSR count). The predicted molar refractivity (Wildman–Crippen MR) is 445 cm³/mol. The lowest BCUT2D eigenvalue weighted by Crippen LogP contribution is -2.66. The third kappa shape index (κ3) is 30.5. The van der Waals surface area contributed by atoms with Gasteiger partial charge in [-0.3, -0.25) is 5.32 Å². The molecule has 121 heavy (non-hydrogen) atoms. The van der Waals surface area contributed by atoms with Crippen LogP contribution >= 0.6 is 0 Å². The van der Waals surface area contributed by atoms with Gasteiger partial charge in [0.25, 0.3) is 0 Å². The van der Waals surface area contributed by atoms with E-state index in [9.17, 15) is 29.1 Å². The summed E-state index contributed by atoms with van der Waals surface area (Å²) in [6.45, 7) is 15.7. The topological polar surface area (TPSA) is 311 Å². The van der Waals surface area contributed by atoms with Crippen molar-refractivity contribution in [2.45, 2.75) is 288 Å². The van der Waals surface area contributed by atoms with Crippen LogP contribution in [-0.4, -0.2) is 244 Å². The molecule has 0 bridgehead atoms. The Morgan fingerprint density at radius 1 is 0.289 bits per heavy atom. The fraction of sp³-hybridized carbons (Fsp3) is 0.624. The Kier molecular flexibility index (Phi) is 44.3. The zero-order valence-electron chi connectivity index (χ0n) is 71.8. The summed E-state index contributed by atoms with van der Waals surface area (Å²) in [6.07, 6.45) is -14.5. The van der Waals surface area contributed by atoms with Gasteiger partial charge in [-0.15, -0.1) is 0 Å². The van der Waals surface area contributed by atoms with Gasteiger partial charge < -0.3 is 105 Å². The van der Waals surface area contributed by atoms with Gasteiger partial charge >= 0.3 is 30.0 Å². The van der Waals surface area contributed by atoms with Gasteiger partial charge in [0, 0.05) is 52.9 Å². The van der Waals surface area contributed by atoms with Gasteiger partial charge in [0.05, 0.1) is 48.7 Å². The van der Waals surface area contributed by atoms with Crippen molar-refractivity contribution in [1.29, 1.82) is 0 Å². The third-order valence-corrected chi connectivity index (χ3v) is 21.0. The van der Waals surface area contributed by atoms with Crippen molar-refractivity contribution < 1.29 is 129 Å². The number of esters is 4. The lowest BCUT2D eigenvalue weighted by atomic mass is 9.96. The van der Waals surface area contributed by atoms with Crippen LogP contribution in [0.15, 0.2) is 152 Å². The number of hydrogen-bond donors (Lipinski definition) is 2. The van der Waals surface area contributed by atoms with Gasteiger partial charge in [-0.2, -0.15) is 0 Å². The van der Waals surface area contributed by atoms with E-state index in [1.807, 2.05) is 85.7 Å². The Bertz CT molecular complexity index is 3650. The smallest absolute Gasteiger partial charge is 0.409 e. The molecule has 4 fully saturated rings. The van der Waals surface area contributed by atoms with Crippen molar-refractivity contribution >= 4 is 30.0 Å². The molecule has 5 aromatic rings. The molecule has 5 aromatic carbocycles. The predicted octanol–water partition coefficient (Wildman–Crippen LogP) is 14.2. The Morgan fingerprint density at radius 2 is 0.521 bits per heavy atom. The van der Waals surface area contributed by atoms with Gasteiger partial charge in [0.2, 0.25) is 0 Å². The molecule has 0 radical (unpaired) electrons. The highest BCUT2D eigenvalue weighted by molar-refractivity contribution is 5.91. The maximum Gasteiger partial charge on any atom is 0.409 e. The molecule has 4 heterocycles. The maximum atomic E-state index is 14.9. The Hall–Kier alpha value is -7.43. The van der Waals surface area contributed by atoms with Gasteiger partial charge in [0.1, 0.15) is 86.6 Å². The molecule has 28 heteroatoms. The minimum Gasteiger partial charge on any atom is -0.450 e. The van der Waals surface area contributed by atoms with Gasteiger partial charge in [0.15, 0.2) is 49.6 Å². The number of carbonyl (C=O) groups excluding carboxylic acids is 5. The Labute approximate surface area is 713 Å². The number of aliphatic hydroxyl groups excluding tert-OH is 1. The summed E-state index contributed by atoms with van der Waals surface area (Å²) in [5.41, 5.74) is 1.69. The number of nitrogens with one attached hydrogen (secondary N) is 1. The average molecular weight is 1700 g/mol. The molecule has 670 valence electrons. The van der Waals surface area contributed by atoms with Crippen molar-refractivity contribution in [3.63, 3.8) is 0 Å². The summed E-state index contributed by atoms with van der Waals surface area (Å²) in [6, 6.07) is 43.1. The summed E-state index contributed by atoms with van der Waals surface area (Å²) < 4.78 is 142. The first-order valence-corrected chi connectivity index (χ1v) is 43.9. The van der Waals surface area contributed by atoms with Crippen molar-refractivity contribution in [1.82, 2.24) is 5.32 Å². The Balaban J connectivity index is 1.13. The van der Waals surface area contributed by atoms with Crippen molar-refractivity contribution in [2.24, 2.45) is 0 Å². The normalized spacial score (nSPS) is 26.7. The quantitative estimate of drug-likeness (QED) is 0.0158. The molecule has 0 saturated carbocycles. The number of aliphatic hydroxyl groups is 1. The van der Waals surface area contributed by atoms with E-state index in [0.717, 1.165) is 50.5 Å². The second-order valence-corrected chi connectivity index (χ2v) is 30.4. The lowest BCUT2D eigenvalue weighted by molar-refractivity contribution is -0.356. The van der Waals surface area contributed by atoms with Crippen LogP contribution in [0.4, 0.5) is 4.79 Å². The second-order valence-electron chi connectivity index (χ2n) is 30.4. The molecule has 28 nitrogen and oxygen atoms in total. The SMILES string of the molecule is CCCCOC1[C@H](OCCCC)C(CO)O[C@H](OCC2O[C@H](OCC3O[C@H](OCC4O[C@H](OCNC(=O)OCc5ccccc5)C(OC(=O)c5ccccc5)[C@@H](OCCCC)[C@@H]4OCCCC)C(OC(=O)c4ccccc4)[C@@H](OCCCC)[C@@H]3OCCCC)C(OC(=O)c3ccccc3)[C@@H](OCCCC)[C@@H]2OCCCC)[C@@H]1OC(=O)c1ccccc1. The van der Waals surface area contributed by atoms with Crippen LogP contribution in [0.25, 0.3) is 0 Å². The number of rotatable bonds is 55. The third-order valence-electron chi connectivity index (χ3n) is 21.0. The fourth-order valence-corrected chi connectivity index (χ4v) is 14.2. The summed E-state index contributed by atoms with van der Waals surface area (Å²) >= 11 is 0. The van der Waals surface area contributed by atoms with E-state index in [0.29, 0.717) is 64.4 Å². The number of amides is 1. The van der Waals surface area contributed by atoms with Crippen LogP contribution in [0.2, 0.25) is 0 Å². The number of carbonyl (C=O) groups is 5. The van der Waals surface area contributed by atoms with Crippen molar-refractivity contribution in [3.8, 4) is 0 Å². The van der Waals surface area contributed by atoms with E-state index in [2.05, 4.69) is 5.32 Å². The van der Waals surface area contributed by atoms with Gasteiger partial charge in [-0.1, -0.05) is 210 Å². The second kappa shape index (κ2) is 55.0. The molecule has 4 aliphatic rings. The molecule has 0 aromatic heterocycles. The number of ether oxygens (including phenoxy) is 21. The minimum absolute atomic E-state index is 0.0316. The highest BCUT2D eigenvalue weighted by Crippen LogP contribution is 2.39. The summed E-state index contributed by atoms with van der Waals surface area (Å²) in [7, 11) is 0. The maximum absolute atomic E-state index is 14.9. The fourth-order valence-electron chi connectivity index (χ4n) is 14.2. The molecule has 8 unspecified atom stereocenters. The largest absolute Gasteiger partial charge is 0.450 e. The zero-order valence-corrected chi connectivity index (χ0v) is 71.8.